The Kier molecular flexibility index (Phi) is 6.75. The molecule has 0 atom stereocenters. The first-order chi connectivity index (χ1) is 14.1. The van der Waals surface area contributed by atoms with Crippen LogP contribution in [0.2, 0.25) is 10.0 Å². The number of hydrogen-bond acceptors (Lipinski definition) is 3. The molecule has 2 N–H and O–H groups in total. The minimum Gasteiger partial charge on any atom is -0.381 e. The largest absolute Gasteiger partial charge is 0.381 e. The Labute approximate surface area is 187 Å². The molecule has 1 heterocycles. The van der Waals surface area contributed by atoms with E-state index >= 15 is 0 Å². The van der Waals surface area contributed by atoms with Crippen LogP contribution in [0.3, 0.4) is 0 Å². The van der Waals surface area contributed by atoms with Gasteiger partial charge in [0.05, 0.1) is 5.41 Å². The minimum atomic E-state index is -0.803. The molecule has 0 spiro atoms. The fraction of sp³-hybridized carbons (Fsp3) is 0.391. The van der Waals surface area contributed by atoms with Crippen molar-refractivity contribution in [2.24, 2.45) is 0 Å². The molecule has 0 bridgehead atoms. The van der Waals surface area contributed by atoms with Gasteiger partial charge in [-0.15, -0.1) is 0 Å². The zero-order valence-corrected chi connectivity index (χ0v) is 18.9. The first-order valence-electron chi connectivity index (χ1n) is 9.88. The van der Waals surface area contributed by atoms with Crippen LogP contribution >= 0.6 is 23.2 Å². The quantitative estimate of drug-likeness (QED) is 0.674. The van der Waals surface area contributed by atoms with Gasteiger partial charge < -0.3 is 15.4 Å². The molecule has 30 heavy (non-hydrogen) atoms. The third kappa shape index (κ3) is 5.15. The third-order valence-corrected chi connectivity index (χ3v) is 5.67. The average Bonchev–Trinajstić information content (AvgIpc) is 2.67. The van der Waals surface area contributed by atoms with E-state index in [1.807, 2.05) is 26.8 Å². The number of carbonyl (C=O) groups is 2. The van der Waals surface area contributed by atoms with Gasteiger partial charge in [-0.2, -0.15) is 0 Å². The molecule has 0 unspecified atom stereocenters. The Hall–Kier alpha value is -2.08. The van der Waals surface area contributed by atoms with E-state index < -0.39 is 5.41 Å². The lowest BCUT2D eigenvalue weighted by Gasteiger charge is -2.36. The smallest absolute Gasteiger partial charge is 0.251 e. The van der Waals surface area contributed by atoms with Crippen LogP contribution in [0.5, 0.6) is 0 Å². The van der Waals surface area contributed by atoms with Gasteiger partial charge >= 0.3 is 0 Å². The molecule has 2 aromatic carbocycles. The molecule has 5 nitrogen and oxygen atoms in total. The average molecular weight is 449 g/mol. The molecule has 1 fully saturated rings. The number of anilines is 1. The summed E-state index contributed by atoms with van der Waals surface area (Å²) in [5, 5.41) is 6.90. The zero-order valence-electron chi connectivity index (χ0n) is 17.4. The first-order valence-corrected chi connectivity index (χ1v) is 10.6. The Bertz CT molecular complexity index is 930. The van der Waals surface area contributed by atoms with Gasteiger partial charge in [0.15, 0.2) is 0 Å². The monoisotopic (exact) mass is 448 g/mol. The van der Waals surface area contributed by atoms with E-state index in [2.05, 4.69) is 10.6 Å². The molecular formula is C23H26Cl2N2O3. The molecule has 1 saturated heterocycles. The van der Waals surface area contributed by atoms with Gasteiger partial charge in [0.25, 0.3) is 5.91 Å². The summed E-state index contributed by atoms with van der Waals surface area (Å²) < 4.78 is 5.50. The maximum atomic E-state index is 13.4. The second kappa shape index (κ2) is 8.96. The molecule has 1 aliphatic heterocycles. The van der Waals surface area contributed by atoms with Gasteiger partial charge in [-0.25, -0.2) is 0 Å². The van der Waals surface area contributed by atoms with Crippen molar-refractivity contribution in [2.75, 3.05) is 18.5 Å². The summed E-state index contributed by atoms with van der Waals surface area (Å²) in [7, 11) is 0. The van der Waals surface area contributed by atoms with E-state index in [0.717, 1.165) is 5.56 Å². The highest BCUT2D eigenvalue weighted by atomic mass is 35.5. The van der Waals surface area contributed by atoms with Gasteiger partial charge in [-0.3, -0.25) is 9.59 Å². The number of halogens is 2. The number of carbonyl (C=O) groups excluding carboxylic acids is 2. The molecule has 2 amide bonds. The van der Waals surface area contributed by atoms with Crippen LogP contribution in [-0.2, 0) is 14.9 Å². The number of amides is 2. The molecule has 0 saturated carbocycles. The predicted octanol–water partition coefficient (Wildman–Crippen LogP) is 5.21. The summed E-state index contributed by atoms with van der Waals surface area (Å²) in [6.07, 6.45) is 1.04. The van der Waals surface area contributed by atoms with Crippen LogP contribution in [-0.4, -0.2) is 30.6 Å². The fourth-order valence-corrected chi connectivity index (χ4v) is 4.17. The number of benzene rings is 2. The van der Waals surface area contributed by atoms with Crippen LogP contribution < -0.4 is 10.6 Å². The highest BCUT2D eigenvalue weighted by Gasteiger charge is 2.43. The van der Waals surface area contributed by atoms with Crippen LogP contribution in [0.25, 0.3) is 0 Å². The van der Waals surface area contributed by atoms with E-state index in [1.54, 1.807) is 36.4 Å². The summed E-state index contributed by atoms with van der Waals surface area (Å²) in [5.41, 5.74) is 0.766. The van der Waals surface area contributed by atoms with Crippen LogP contribution in [0, 0.1) is 0 Å². The van der Waals surface area contributed by atoms with E-state index in [4.69, 9.17) is 27.9 Å². The summed E-state index contributed by atoms with van der Waals surface area (Å²) in [4.78, 5) is 25.7. The number of hydrogen-bond donors (Lipinski definition) is 2. The summed E-state index contributed by atoms with van der Waals surface area (Å²) in [6, 6.07) is 12.1. The molecule has 2 aromatic rings. The van der Waals surface area contributed by atoms with Crippen molar-refractivity contribution in [1.82, 2.24) is 5.32 Å². The van der Waals surface area contributed by atoms with E-state index in [0.29, 0.717) is 47.4 Å². The third-order valence-electron chi connectivity index (χ3n) is 5.12. The molecule has 3 rings (SSSR count). The summed E-state index contributed by atoms with van der Waals surface area (Å²) in [5.74, 6) is -0.309. The van der Waals surface area contributed by atoms with Gasteiger partial charge in [0.2, 0.25) is 5.91 Å². The minimum absolute atomic E-state index is 0.151. The maximum absolute atomic E-state index is 13.4. The topological polar surface area (TPSA) is 67.4 Å². The molecule has 7 heteroatoms. The van der Waals surface area contributed by atoms with Gasteiger partial charge in [0, 0.05) is 40.0 Å². The lowest BCUT2D eigenvalue weighted by molar-refractivity contribution is -0.125. The highest BCUT2D eigenvalue weighted by molar-refractivity contribution is 6.35. The maximum Gasteiger partial charge on any atom is 0.251 e. The number of ether oxygens (including phenoxy) is 1. The predicted molar refractivity (Wildman–Crippen MR) is 120 cm³/mol. The molecular weight excluding hydrogens is 423 g/mol. The fourth-order valence-electron chi connectivity index (χ4n) is 3.58. The number of nitrogens with one attached hydrogen (secondary N) is 2. The normalized spacial score (nSPS) is 16.0. The summed E-state index contributed by atoms with van der Waals surface area (Å²) in [6.45, 7) is 6.72. The molecule has 1 aliphatic rings. The van der Waals surface area contributed by atoms with Crippen molar-refractivity contribution >= 4 is 40.7 Å². The van der Waals surface area contributed by atoms with Gasteiger partial charge in [-0.05, 0) is 75.6 Å². The van der Waals surface area contributed by atoms with Crippen molar-refractivity contribution in [3.8, 4) is 0 Å². The van der Waals surface area contributed by atoms with Crippen LogP contribution in [0.1, 0.15) is 49.5 Å². The SMILES string of the molecule is CC(C)(C)NC(=O)c1ccc(NC(=O)C2(c3ccc(Cl)cc3Cl)CCOCC2)cc1. The Morgan fingerprint density at radius 3 is 2.20 bits per heavy atom. The van der Waals surface area contributed by atoms with Crippen LogP contribution in [0.15, 0.2) is 42.5 Å². The molecule has 0 radical (unpaired) electrons. The van der Waals surface area contributed by atoms with Crippen molar-refractivity contribution in [3.05, 3.63) is 63.6 Å². The van der Waals surface area contributed by atoms with E-state index in [1.165, 1.54) is 0 Å². The second-order valence-electron chi connectivity index (χ2n) is 8.55. The Morgan fingerprint density at radius 2 is 1.63 bits per heavy atom. The second-order valence-corrected chi connectivity index (χ2v) is 9.40. The highest BCUT2D eigenvalue weighted by Crippen LogP contribution is 2.40. The number of rotatable bonds is 4. The molecule has 0 aromatic heterocycles. The summed E-state index contributed by atoms with van der Waals surface area (Å²) >= 11 is 12.5. The van der Waals surface area contributed by atoms with Crippen molar-refractivity contribution < 1.29 is 14.3 Å². The van der Waals surface area contributed by atoms with Crippen LogP contribution in [0.4, 0.5) is 5.69 Å². The van der Waals surface area contributed by atoms with Crippen molar-refractivity contribution in [2.45, 2.75) is 44.6 Å². The lowest BCUT2D eigenvalue weighted by atomic mass is 9.73. The lowest BCUT2D eigenvalue weighted by Crippen LogP contribution is -2.45. The van der Waals surface area contributed by atoms with Crippen molar-refractivity contribution in [1.29, 1.82) is 0 Å². The zero-order chi connectivity index (χ0) is 21.9. The first kappa shape index (κ1) is 22.6. The Morgan fingerprint density at radius 1 is 1.00 bits per heavy atom. The van der Waals surface area contributed by atoms with Crippen molar-refractivity contribution in [3.63, 3.8) is 0 Å². The van der Waals surface area contributed by atoms with E-state index in [9.17, 15) is 9.59 Å². The van der Waals surface area contributed by atoms with Gasteiger partial charge in [0.1, 0.15) is 0 Å². The molecule has 160 valence electrons. The standard InChI is InChI=1S/C23H26Cl2N2O3/c1-22(2,3)27-20(28)15-4-7-17(8-5-15)26-21(29)23(10-12-30-13-11-23)18-9-6-16(24)14-19(18)25/h4-9,14H,10-13H2,1-3H3,(H,26,29)(H,27,28). The van der Waals surface area contributed by atoms with E-state index in [-0.39, 0.29) is 17.4 Å². The van der Waals surface area contributed by atoms with Gasteiger partial charge in [-0.1, -0.05) is 29.3 Å². The Balaban J connectivity index is 1.82. The molecule has 0 aliphatic carbocycles.